The number of rotatable bonds is 6. The molecule has 9 heteroatoms. The molecule has 0 radical (unpaired) electrons. The van der Waals surface area contributed by atoms with Gasteiger partial charge in [0.2, 0.25) is 0 Å². The molecule has 0 saturated heterocycles. The number of aromatic nitrogens is 3. The molecule has 0 spiro atoms. The van der Waals surface area contributed by atoms with Gasteiger partial charge in [0.15, 0.2) is 0 Å². The van der Waals surface area contributed by atoms with Crippen molar-refractivity contribution in [2.45, 2.75) is 13.0 Å². The van der Waals surface area contributed by atoms with Crippen molar-refractivity contribution in [1.82, 2.24) is 20.3 Å². The molecule has 1 heterocycles. The molecule has 0 aliphatic carbocycles. The van der Waals surface area contributed by atoms with Crippen molar-refractivity contribution >= 4 is 23.2 Å². The van der Waals surface area contributed by atoms with Crippen molar-refractivity contribution in [2.24, 2.45) is 0 Å². The molecule has 0 saturated carbocycles. The van der Waals surface area contributed by atoms with E-state index in [9.17, 15) is 14.9 Å². The first-order valence-corrected chi connectivity index (χ1v) is 6.52. The van der Waals surface area contributed by atoms with Crippen molar-refractivity contribution in [3.05, 3.63) is 51.3 Å². The third-order valence-corrected chi connectivity index (χ3v) is 3.05. The Kier molecular flexibility index (Phi) is 4.83. The normalized spacial score (nSPS) is 10.3. The molecule has 2 rings (SSSR count). The van der Waals surface area contributed by atoms with Gasteiger partial charge >= 0.3 is 0 Å². The molecule has 110 valence electrons. The van der Waals surface area contributed by atoms with Crippen LogP contribution in [-0.4, -0.2) is 32.4 Å². The average molecular weight is 310 g/mol. The molecule has 1 N–H and O–H groups in total. The van der Waals surface area contributed by atoms with E-state index < -0.39 is 4.92 Å². The first-order valence-electron chi connectivity index (χ1n) is 6.14. The molecule has 21 heavy (non-hydrogen) atoms. The van der Waals surface area contributed by atoms with Crippen LogP contribution in [0.15, 0.2) is 30.6 Å². The molecule has 0 bridgehead atoms. The fourth-order valence-corrected chi connectivity index (χ4v) is 1.88. The zero-order valence-corrected chi connectivity index (χ0v) is 11.7. The Labute approximate surface area is 124 Å². The van der Waals surface area contributed by atoms with Crippen LogP contribution in [0.2, 0.25) is 5.02 Å². The van der Waals surface area contributed by atoms with Crippen LogP contribution in [0.25, 0.3) is 0 Å². The summed E-state index contributed by atoms with van der Waals surface area (Å²) in [5, 5.41) is 20.9. The Hall–Kier alpha value is -2.48. The number of benzene rings is 1. The second-order valence-corrected chi connectivity index (χ2v) is 4.61. The number of nitro benzene ring substituents is 1. The van der Waals surface area contributed by atoms with Crippen molar-refractivity contribution in [2.75, 3.05) is 6.54 Å². The number of carbonyl (C=O) groups is 1. The minimum absolute atomic E-state index is 0.00253. The monoisotopic (exact) mass is 309 g/mol. The predicted molar refractivity (Wildman–Crippen MR) is 75.1 cm³/mol. The van der Waals surface area contributed by atoms with E-state index in [1.54, 1.807) is 17.1 Å². The summed E-state index contributed by atoms with van der Waals surface area (Å²) in [4.78, 5) is 22.0. The first-order chi connectivity index (χ1) is 10.1. The maximum absolute atomic E-state index is 11.9. The SMILES string of the molecule is O=C(NCCCn1ccnn1)c1ccc(Cl)c([N+](=O)[O-])c1. The van der Waals surface area contributed by atoms with E-state index >= 15 is 0 Å². The average Bonchev–Trinajstić information content (AvgIpc) is 2.96. The van der Waals surface area contributed by atoms with Crippen molar-refractivity contribution in [1.29, 1.82) is 0 Å². The summed E-state index contributed by atoms with van der Waals surface area (Å²) in [7, 11) is 0. The van der Waals surface area contributed by atoms with E-state index in [1.807, 2.05) is 0 Å². The van der Waals surface area contributed by atoms with Crippen LogP contribution in [0.1, 0.15) is 16.8 Å². The number of amides is 1. The number of hydrogen-bond donors (Lipinski definition) is 1. The lowest BCUT2D eigenvalue weighted by atomic mass is 10.2. The van der Waals surface area contributed by atoms with E-state index in [1.165, 1.54) is 12.1 Å². The number of hydrogen-bond acceptors (Lipinski definition) is 5. The Balaban J connectivity index is 1.88. The summed E-state index contributed by atoms with van der Waals surface area (Å²) < 4.78 is 1.65. The Morgan fingerprint density at radius 1 is 1.48 bits per heavy atom. The molecule has 8 nitrogen and oxygen atoms in total. The molecular weight excluding hydrogens is 298 g/mol. The summed E-state index contributed by atoms with van der Waals surface area (Å²) in [6, 6.07) is 3.95. The van der Waals surface area contributed by atoms with Gasteiger partial charge in [-0.25, -0.2) is 0 Å². The van der Waals surface area contributed by atoms with Crippen LogP contribution in [0.3, 0.4) is 0 Å². The lowest BCUT2D eigenvalue weighted by molar-refractivity contribution is -0.384. The molecule has 0 unspecified atom stereocenters. The third kappa shape index (κ3) is 3.99. The number of nitro groups is 1. The highest BCUT2D eigenvalue weighted by atomic mass is 35.5. The van der Waals surface area contributed by atoms with E-state index in [-0.39, 0.29) is 22.2 Å². The van der Waals surface area contributed by atoms with Gasteiger partial charge in [0.25, 0.3) is 11.6 Å². The maximum atomic E-state index is 11.9. The smallest absolute Gasteiger partial charge is 0.288 e. The largest absolute Gasteiger partial charge is 0.352 e. The number of carbonyl (C=O) groups excluding carboxylic acids is 1. The highest BCUT2D eigenvalue weighted by Gasteiger charge is 2.15. The molecule has 0 atom stereocenters. The van der Waals surface area contributed by atoms with Gasteiger partial charge in [0, 0.05) is 30.9 Å². The van der Waals surface area contributed by atoms with Crippen LogP contribution in [-0.2, 0) is 6.54 Å². The molecule has 1 aromatic heterocycles. The lowest BCUT2D eigenvalue weighted by Crippen LogP contribution is -2.25. The zero-order valence-electron chi connectivity index (χ0n) is 10.9. The Bertz CT molecular complexity index is 644. The summed E-state index contributed by atoms with van der Waals surface area (Å²) in [5.74, 6) is -0.381. The van der Waals surface area contributed by atoms with Gasteiger partial charge in [0.1, 0.15) is 5.02 Å². The quantitative estimate of drug-likeness (QED) is 0.496. The number of nitrogens with zero attached hydrogens (tertiary/aromatic N) is 4. The van der Waals surface area contributed by atoms with Gasteiger partial charge in [-0.2, -0.15) is 0 Å². The predicted octanol–water partition coefficient (Wildman–Crippen LogP) is 1.66. The Morgan fingerprint density at radius 2 is 2.29 bits per heavy atom. The second-order valence-electron chi connectivity index (χ2n) is 4.20. The fraction of sp³-hybridized carbons (Fsp3) is 0.250. The van der Waals surface area contributed by atoms with Gasteiger partial charge in [0.05, 0.1) is 11.1 Å². The Morgan fingerprint density at radius 3 is 2.95 bits per heavy atom. The van der Waals surface area contributed by atoms with Crippen LogP contribution < -0.4 is 5.32 Å². The van der Waals surface area contributed by atoms with E-state index in [4.69, 9.17) is 11.6 Å². The van der Waals surface area contributed by atoms with Gasteiger partial charge in [-0.05, 0) is 18.6 Å². The first kappa shape index (κ1) is 14.9. The van der Waals surface area contributed by atoms with Crippen LogP contribution in [0.5, 0.6) is 0 Å². The molecule has 0 aliphatic heterocycles. The minimum Gasteiger partial charge on any atom is -0.352 e. The van der Waals surface area contributed by atoms with Gasteiger partial charge < -0.3 is 5.32 Å². The van der Waals surface area contributed by atoms with Crippen molar-refractivity contribution in [3.63, 3.8) is 0 Å². The molecule has 0 fully saturated rings. The third-order valence-electron chi connectivity index (χ3n) is 2.73. The number of nitrogens with one attached hydrogen (secondary N) is 1. The standard InChI is InChI=1S/C12H12ClN5O3/c13-10-3-2-9(8-11(10)18(20)21)12(19)14-4-1-6-17-7-5-15-16-17/h2-3,5,7-8H,1,4,6H2,(H,14,19). The molecule has 1 amide bonds. The molecular formula is C12H12ClN5O3. The summed E-state index contributed by atoms with van der Waals surface area (Å²) >= 11 is 5.69. The highest BCUT2D eigenvalue weighted by molar-refractivity contribution is 6.32. The fourth-order valence-electron chi connectivity index (χ4n) is 1.69. The van der Waals surface area contributed by atoms with E-state index in [0.717, 1.165) is 6.07 Å². The van der Waals surface area contributed by atoms with Crippen LogP contribution >= 0.6 is 11.6 Å². The number of aryl methyl sites for hydroxylation is 1. The highest BCUT2D eigenvalue weighted by Crippen LogP contribution is 2.24. The number of halogens is 1. The van der Waals surface area contributed by atoms with Gasteiger partial charge in [-0.3, -0.25) is 19.6 Å². The molecule has 1 aromatic carbocycles. The van der Waals surface area contributed by atoms with Gasteiger partial charge in [-0.15, -0.1) is 5.10 Å². The van der Waals surface area contributed by atoms with Gasteiger partial charge in [-0.1, -0.05) is 16.8 Å². The lowest BCUT2D eigenvalue weighted by Gasteiger charge is -2.05. The summed E-state index contributed by atoms with van der Waals surface area (Å²) in [6.45, 7) is 1.05. The van der Waals surface area contributed by atoms with E-state index in [2.05, 4.69) is 15.6 Å². The second kappa shape index (κ2) is 6.80. The zero-order chi connectivity index (χ0) is 15.2. The minimum atomic E-state index is -0.621. The molecule has 0 aliphatic rings. The van der Waals surface area contributed by atoms with Crippen LogP contribution in [0.4, 0.5) is 5.69 Å². The van der Waals surface area contributed by atoms with Crippen molar-refractivity contribution in [3.8, 4) is 0 Å². The topological polar surface area (TPSA) is 103 Å². The summed E-state index contributed by atoms with van der Waals surface area (Å²) in [6.07, 6.45) is 3.97. The van der Waals surface area contributed by atoms with E-state index in [0.29, 0.717) is 19.5 Å². The summed E-state index contributed by atoms with van der Waals surface area (Å²) in [5.41, 5.74) is -0.0845. The van der Waals surface area contributed by atoms with Crippen LogP contribution in [0, 0.1) is 10.1 Å². The van der Waals surface area contributed by atoms with Crippen molar-refractivity contribution < 1.29 is 9.72 Å². The maximum Gasteiger partial charge on any atom is 0.288 e. The molecule has 2 aromatic rings.